The summed E-state index contributed by atoms with van der Waals surface area (Å²) in [5.41, 5.74) is 6.84. The van der Waals surface area contributed by atoms with Gasteiger partial charge >= 0.3 is 0 Å². The van der Waals surface area contributed by atoms with Crippen LogP contribution < -0.4 is 16.0 Å². The van der Waals surface area contributed by atoms with E-state index in [0.717, 1.165) is 5.69 Å². The Morgan fingerprint density at radius 3 is 2.95 bits per heavy atom. The van der Waals surface area contributed by atoms with Crippen LogP contribution in [0.25, 0.3) is 0 Å². The molecule has 0 radical (unpaired) electrons. The second kappa shape index (κ2) is 4.90. The van der Waals surface area contributed by atoms with Crippen LogP contribution in [0.15, 0.2) is 24.3 Å². The van der Waals surface area contributed by atoms with E-state index in [0.29, 0.717) is 12.1 Å². The Hall–Kier alpha value is -2.06. The van der Waals surface area contributed by atoms with E-state index in [1.54, 1.807) is 12.1 Å². The molecule has 5 nitrogen and oxygen atoms in total. The van der Waals surface area contributed by atoms with Gasteiger partial charge in [-0.2, -0.15) is 5.26 Å². The van der Waals surface area contributed by atoms with Crippen LogP contribution in [0.1, 0.15) is 19.4 Å². The minimum atomic E-state index is -0.387. The van der Waals surface area contributed by atoms with Crippen molar-refractivity contribution in [1.82, 2.24) is 5.32 Å². The third-order valence-electron chi connectivity index (χ3n) is 3.24. The van der Waals surface area contributed by atoms with Gasteiger partial charge in [0, 0.05) is 18.8 Å². The number of hydrogen-bond donors (Lipinski definition) is 2. The Morgan fingerprint density at radius 2 is 2.32 bits per heavy atom. The van der Waals surface area contributed by atoms with Crippen LogP contribution in [0.3, 0.4) is 0 Å². The maximum Gasteiger partial charge on any atom is 0.244 e. The summed E-state index contributed by atoms with van der Waals surface area (Å²) in [6.07, 6.45) is 0. The smallest absolute Gasteiger partial charge is 0.244 e. The normalized spacial score (nSPS) is 21.7. The molecule has 0 saturated carbocycles. The largest absolute Gasteiger partial charge is 0.356 e. The first kappa shape index (κ1) is 13.4. The van der Waals surface area contributed by atoms with E-state index < -0.39 is 0 Å². The monoisotopic (exact) mass is 258 g/mol. The summed E-state index contributed by atoms with van der Waals surface area (Å²) in [6, 6.07) is 8.98. The zero-order valence-electron chi connectivity index (χ0n) is 11.2. The number of nitrogens with two attached hydrogens (primary N) is 1. The van der Waals surface area contributed by atoms with Gasteiger partial charge < -0.3 is 16.0 Å². The molecule has 1 aromatic rings. The highest BCUT2D eigenvalue weighted by atomic mass is 16.2. The van der Waals surface area contributed by atoms with Gasteiger partial charge in [0.1, 0.15) is 6.04 Å². The first-order valence-electron chi connectivity index (χ1n) is 6.26. The molecule has 3 N–H and O–H groups in total. The third kappa shape index (κ3) is 2.69. The summed E-state index contributed by atoms with van der Waals surface area (Å²) < 4.78 is 0. The Labute approximate surface area is 113 Å². The zero-order valence-corrected chi connectivity index (χ0v) is 11.2. The molecule has 1 aliphatic rings. The average molecular weight is 258 g/mol. The predicted octanol–water partition coefficient (Wildman–Crippen LogP) is 0.600. The molecule has 1 amide bonds. The van der Waals surface area contributed by atoms with E-state index in [-0.39, 0.29) is 24.0 Å². The van der Waals surface area contributed by atoms with E-state index >= 15 is 0 Å². The minimum Gasteiger partial charge on any atom is -0.356 e. The topological polar surface area (TPSA) is 82.2 Å². The molecular formula is C14H18N4O. The Balaban J connectivity index is 2.38. The molecule has 0 aromatic heterocycles. The molecule has 1 aliphatic heterocycles. The van der Waals surface area contributed by atoms with Crippen LogP contribution in [0.5, 0.6) is 0 Å². The van der Waals surface area contributed by atoms with Crippen LogP contribution in [-0.2, 0) is 4.79 Å². The molecule has 19 heavy (non-hydrogen) atoms. The number of nitriles is 1. The quantitative estimate of drug-likeness (QED) is 0.814. The number of nitrogens with zero attached hydrogens (tertiary/aromatic N) is 2. The fourth-order valence-electron chi connectivity index (χ4n) is 2.39. The molecule has 5 heteroatoms. The van der Waals surface area contributed by atoms with Gasteiger partial charge in [0.15, 0.2) is 0 Å². The van der Waals surface area contributed by atoms with Crippen molar-refractivity contribution in [3.63, 3.8) is 0 Å². The standard InChI is InChI=1S/C14H18N4O/c1-14(2)9-18(12(8-16)13(19)17-14)11-5-3-4-10(6-11)7-15/h3-6,12H,8-9,16H2,1-2H3,(H,17,19). The molecule has 0 aliphatic carbocycles. The first-order valence-corrected chi connectivity index (χ1v) is 6.26. The Kier molecular flexibility index (Phi) is 3.45. The van der Waals surface area contributed by atoms with Gasteiger partial charge in [-0.05, 0) is 32.0 Å². The predicted molar refractivity (Wildman–Crippen MR) is 73.6 cm³/mol. The van der Waals surface area contributed by atoms with Crippen LogP contribution >= 0.6 is 0 Å². The van der Waals surface area contributed by atoms with Crippen molar-refractivity contribution < 1.29 is 4.79 Å². The highest BCUT2D eigenvalue weighted by molar-refractivity contribution is 5.87. The summed E-state index contributed by atoms with van der Waals surface area (Å²) in [7, 11) is 0. The van der Waals surface area contributed by atoms with Crippen LogP contribution in [0.4, 0.5) is 5.69 Å². The number of rotatable bonds is 2. The summed E-state index contributed by atoms with van der Waals surface area (Å²) in [6.45, 7) is 4.85. The molecule has 1 unspecified atom stereocenters. The second-order valence-corrected chi connectivity index (χ2v) is 5.41. The van der Waals surface area contributed by atoms with Crippen molar-refractivity contribution in [2.24, 2.45) is 5.73 Å². The van der Waals surface area contributed by atoms with Gasteiger partial charge in [-0.25, -0.2) is 0 Å². The lowest BCUT2D eigenvalue weighted by Gasteiger charge is -2.44. The first-order chi connectivity index (χ1) is 8.96. The summed E-state index contributed by atoms with van der Waals surface area (Å²) >= 11 is 0. The van der Waals surface area contributed by atoms with Crippen LogP contribution in [-0.4, -0.2) is 30.6 Å². The Bertz CT molecular complexity index is 532. The number of benzene rings is 1. The lowest BCUT2D eigenvalue weighted by atomic mass is 9.97. The number of hydrogen-bond acceptors (Lipinski definition) is 4. The summed E-state index contributed by atoms with van der Waals surface area (Å²) in [4.78, 5) is 14.1. The molecule has 1 aromatic carbocycles. The van der Waals surface area contributed by atoms with Crippen molar-refractivity contribution in [3.8, 4) is 6.07 Å². The molecule has 100 valence electrons. The summed E-state index contributed by atoms with van der Waals surface area (Å²) in [5, 5.41) is 11.9. The number of carbonyl (C=O) groups excluding carboxylic acids is 1. The number of nitrogens with one attached hydrogen (secondary N) is 1. The molecule has 0 bridgehead atoms. The van der Waals surface area contributed by atoms with Crippen LogP contribution in [0.2, 0.25) is 0 Å². The second-order valence-electron chi connectivity index (χ2n) is 5.41. The summed E-state index contributed by atoms with van der Waals surface area (Å²) in [5.74, 6) is -0.0684. The molecule has 1 saturated heterocycles. The highest BCUT2D eigenvalue weighted by Gasteiger charge is 2.37. The SMILES string of the molecule is CC1(C)CN(c2cccc(C#N)c2)C(CN)C(=O)N1. The molecule has 1 fully saturated rings. The lowest BCUT2D eigenvalue weighted by Crippen LogP contribution is -2.66. The fraction of sp³-hybridized carbons (Fsp3) is 0.429. The van der Waals surface area contributed by atoms with Gasteiger partial charge in [-0.15, -0.1) is 0 Å². The molecular weight excluding hydrogens is 240 g/mol. The fourth-order valence-corrected chi connectivity index (χ4v) is 2.39. The van der Waals surface area contributed by atoms with E-state index in [2.05, 4.69) is 11.4 Å². The number of piperazine rings is 1. The average Bonchev–Trinajstić information content (AvgIpc) is 2.37. The van der Waals surface area contributed by atoms with Gasteiger partial charge in [-0.3, -0.25) is 4.79 Å². The Morgan fingerprint density at radius 1 is 1.58 bits per heavy atom. The maximum absolute atomic E-state index is 12.1. The molecule has 0 spiro atoms. The van der Waals surface area contributed by atoms with Crippen molar-refractivity contribution in [2.75, 3.05) is 18.0 Å². The van der Waals surface area contributed by atoms with Crippen molar-refractivity contribution >= 4 is 11.6 Å². The van der Waals surface area contributed by atoms with Crippen molar-refractivity contribution in [2.45, 2.75) is 25.4 Å². The van der Waals surface area contributed by atoms with Gasteiger partial charge in [0.25, 0.3) is 0 Å². The maximum atomic E-state index is 12.1. The van der Waals surface area contributed by atoms with E-state index in [9.17, 15) is 4.79 Å². The number of carbonyl (C=O) groups is 1. The highest BCUT2D eigenvalue weighted by Crippen LogP contribution is 2.24. The number of anilines is 1. The van der Waals surface area contributed by atoms with E-state index in [4.69, 9.17) is 11.0 Å². The van der Waals surface area contributed by atoms with E-state index in [1.165, 1.54) is 0 Å². The van der Waals surface area contributed by atoms with Crippen LogP contribution in [0, 0.1) is 11.3 Å². The number of amides is 1. The van der Waals surface area contributed by atoms with Crippen molar-refractivity contribution in [3.05, 3.63) is 29.8 Å². The van der Waals surface area contributed by atoms with Gasteiger partial charge in [0.05, 0.1) is 17.2 Å². The van der Waals surface area contributed by atoms with Gasteiger partial charge in [-0.1, -0.05) is 6.07 Å². The van der Waals surface area contributed by atoms with Crippen molar-refractivity contribution in [1.29, 1.82) is 5.26 Å². The molecule has 1 atom stereocenters. The zero-order chi connectivity index (χ0) is 14.0. The lowest BCUT2D eigenvalue weighted by molar-refractivity contribution is -0.125. The van der Waals surface area contributed by atoms with Gasteiger partial charge in [0.2, 0.25) is 5.91 Å². The molecule has 1 heterocycles. The minimum absolute atomic E-state index is 0.0684. The van der Waals surface area contributed by atoms with E-state index in [1.807, 2.05) is 30.9 Å². The molecule has 2 rings (SSSR count). The third-order valence-corrected chi connectivity index (χ3v) is 3.24.